The fourth-order valence-electron chi connectivity index (χ4n) is 2.20. The van der Waals surface area contributed by atoms with Gasteiger partial charge in [-0.3, -0.25) is 9.36 Å². The van der Waals surface area contributed by atoms with Crippen molar-refractivity contribution >= 4 is 46.6 Å². The molecule has 6 nitrogen and oxygen atoms in total. The third-order valence-corrected chi connectivity index (χ3v) is 4.84. The second-order valence-corrected chi connectivity index (χ2v) is 6.94. The zero-order valence-corrected chi connectivity index (χ0v) is 16.0. The lowest BCUT2D eigenvalue weighted by molar-refractivity contribution is -0.113. The predicted molar refractivity (Wildman–Crippen MR) is 104 cm³/mol. The van der Waals surface area contributed by atoms with Crippen molar-refractivity contribution in [1.29, 1.82) is 0 Å². The summed E-state index contributed by atoms with van der Waals surface area (Å²) in [7, 11) is 1.53. The molecule has 3 aromatic rings. The van der Waals surface area contributed by atoms with Gasteiger partial charge in [0.2, 0.25) is 5.91 Å². The molecule has 0 saturated heterocycles. The minimum Gasteiger partial charge on any atom is -0.495 e. The molecule has 1 amide bonds. The summed E-state index contributed by atoms with van der Waals surface area (Å²) < 4.78 is 6.86. The van der Waals surface area contributed by atoms with E-state index in [-0.39, 0.29) is 11.7 Å². The van der Waals surface area contributed by atoms with E-state index in [0.29, 0.717) is 26.6 Å². The van der Waals surface area contributed by atoms with Crippen LogP contribution in [0.25, 0.3) is 5.69 Å². The predicted octanol–water partition coefficient (Wildman–Crippen LogP) is 4.31. The normalized spacial score (nSPS) is 10.6. The molecule has 1 aromatic heterocycles. The van der Waals surface area contributed by atoms with Crippen molar-refractivity contribution in [2.75, 3.05) is 18.2 Å². The number of carbonyl (C=O) groups is 1. The van der Waals surface area contributed by atoms with Crippen LogP contribution in [-0.4, -0.2) is 33.5 Å². The SMILES string of the molecule is COc1ccc(NC(=O)CSc2nncn2-c2cccc(Cl)c2)cc1Cl. The van der Waals surface area contributed by atoms with Gasteiger partial charge in [0.1, 0.15) is 12.1 Å². The van der Waals surface area contributed by atoms with Crippen LogP contribution in [0.1, 0.15) is 0 Å². The molecular formula is C17H14Cl2N4O2S. The van der Waals surface area contributed by atoms with Crippen molar-refractivity contribution in [1.82, 2.24) is 14.8 Å². The Balaban J connectivity index is 1.64. The molecule has 0 saturated carbocycles. The van der Waals surface area contributed by atoms with Crippen LogP contribution in [0.3, 0.4) is 0 Å². The summed E-state index contributed by atoms with van der Waals surface area (Å²) >= 11 is 13.4. The summed E-state index contributed by atoms with van der Waals surface area (Å²) in [4.78, 5) is 12.2. The number of halogens is 2. The number of aromatic nitrogens is 3. The zero-order chi connectivity index (χ0) is 18.5. The number of hydrogen-bond donors (Lipinski definition) is 1. The largest absolute Gasteiger partial charge is 0.495 e. The maximum absolute atomic E-state index is 12.2. The van der Waals surface area contributed by atoms with Crippen LogP contribution in [0.5, 0.6) is 5.75 Å². The Morgan fingerprint density at radius 3 is 2.85 bits per heavy atom. The van der Waals surface area contributed by atoms with Crippen molar-refractivity contribution in [2.24, 2.45) is 0 Å². The van der Waals surface area contributed by atoms with Crippen molar-refractivity contribution in [3.63, 3.8) is 0 Å². The molecule has 0 spiro atoms. The zero-order valence-electron chi connectivity index (χ0n) is 13.6. The maximum atomic E-state index is 12.2. The average molecular weight is 409 g/mol. The standard InChI is InChI=1S/C17H14Cl2N4O2S/c1-25-15-6-5-12(8-14(15)19)21-16(24)9-26-17-22-20-10-23(17)13-4-2-3-11(18)7-13/h2-8,10H,9H2,1H3,(H,21,24). The summed E-state index contributed by atoms with van der Waals surface area (Å²) in [5.74, 6) is 0.536. The number of thioether (sulfide) groups is 1. The number of hydrogen-bond acceptors (Lipinski definition) is 5. The molecule has 1 heterocycles. The van der Waals surface area contributed by atoms with Crippen molar-refractivity contribution in [3.8, 4) is 11.4 Å². The smallest absolute Gasteiger partial charge is 0.234 e. The van der Waals surface area contributed by atoms with Gasteiger partial charge in [-0.1, -0.05) is 41.0 Å². The highest BCUT2D eigenvalue weighted by molar-refractivity contribution is 7.99. The Morgan fingerprint density at radius 2 is 2.12 bits per heavy atom. The Hall–Kier alpha value is -2.22. The van der Waals surface area contributed by atoms with Crippen LogP contribution < -0.4 is 10.1 Å². The number of nitrogens with zero attached hydrogens (tertiary/aromatic N) is 3. The van der Waals surface area contributed by atoms with Crippen molar-refractivity contribution < 1.29 is 9.53 Å². The maximum Gasteiger partial charge on any atom is 0.234 e. The molecule has 0 aliphatic rings. The van der Waals surface area contributed by atoms with Gasteiger partial charge in [-0.2, -0.15) is 0 Å². The molecule has 134 valence electrons. The molecule has 0 atom stereocenters. The van der Waals surface area contributed by atoms with Gasteiger partial charge < -0.3 is 10.1 Å². The molecule has 2 aromatic carbocycles. The van der Waals surface area contributed by atoms with Gasteiger partial charge in [-0.05, 0) is 36.4 Å². The number of anilines is 1. The van der Waals surface area contributed by atoms with Gasteiger partial charge >= 0.3 is 0 Å². The molecule has 0 aliphatic heterocycles. The van der Waals surface area contributed by atoms with E-state index >= 15 is 0 Å². The van der Waals surface area contributed by atoms with Crippen molar-refractivity contribution in [2.45, 2.75) is 5.16 Å². The van der Waals surface area contributed by atoms with E-state index in [0.717, 1.165) is 5.69 Å². The van der Waals surface area contributed by atoms with Gasteiger partial charge in [0.25, 0.3) is 0 Å². The lowest BCUT2D eigenvalue weighted by Gasteiger charge is -2.09. The molecule has 3 rings (SSSR count). The van der Waals surface area contributed by atoms with E-state index < -0.39 is 0 Å². The fourth-order valence-corrected chi connectivity index (χ4v) is 3.37. The van der Waals surface area contributed by atoms with Gasteiger partial charge in [0.05, 0.1) is 23.6 Å². The molecule has 9 heteroatoms. The Labute approximate surface area is 164 Å². The van der Waals surface area contributed by atoms with Crippen LogP contribution in [-0.2, 0) is 4.79 Å². The molecule has 0 fully saturated rings. The first-order valence-corrected chi connectivity index (χ1v) is 9.23. The lowest BCUT2D eigenvalue weighted by Crippen LogP contribution is -2.14. The Bertz CT molecular complexity index is 933. The fraction of sp³-hybridized carbons (Fsp3) is 0.118. The number of carbonyl (C=O) groups excluding carboxylic acids is 1. The number of ether oxygens (including phenoxy) is 1. The molecule has 26 heavy (non-hydrogen) atoms. The molecule has 0 radical (unpaired) electrons. The van der Waals surface area contributed by atoms with Gasteiger partial charge in [-0.15, -0.1) is 10.2 Å². The topological polar surface area (TPSA) is 69.0 Å². The van der Waals surface area contributed by atoms with Crippen LogP contribution in [0.15, 0.2) is 53.9 Å². The van der Waals surface area contributed by atoms with E-state index in [9.17, 15) is 4.79 Å². The highest BCUT2D eigenvalue weighted by atomic mass is 35.5. The molecule has 1 N–H and O–H groups in total. The van der Waals surface area contributed by atoms with E-state index in [4.69, 9.17) is 27.9 Å². The first kappa shape index (κ1) is 18.6. The Kier molecular flexibility index (Phi) is 6.03. The summed E-state index contributed by atoms with van der Waals surface area (Å²) in [5, 5.41) is 12.4. The average Bonchev–Trinajstić information content (AvgIpc) is 3.09. The van der Waals surface area contributed by atoms with Gasteiger partial charge in [0, 0.05) is 10.7 Å². The number of benzene rings is 2. The van der Waals surface area contributed by atoms with Crippen LogP contribution in [0.2, 0.25) is 10.0 Å². The summed E-state index contributed by atoms with van der Waals surface area (Å²) in [6.45, 7) is 0. The first-order chi connectivity index (χ1) is 12.6. The highest BCUT2D eigenvalue weighted by Gasteiger charge is 2.11. The van der Waals surface area contributed by atoms with Crippen LogP contribution >= 0.6 is 35.0 Å². The van der Waals surface area contributed by atoms with Crippen LogP contribution in [0.4, 0.5) is 5.69 Å². The molecular weight excluding hydrogens is 395 g/mol. The summed E-state index contributed by atoms with van der Waals surface area (Å²) in [5.41, 5.74) is 1.42. The monoisotopic (exact) mass is 408 g/mol. The quantitative estimate of drug-likeness (QED) is 0.615. The highest BCUT2D eigenvalue weighted by Crippen LogP contribution is 2.27. The number of nitrogens with one attached hydrogen (secondary N) is 1. The molecule has 0 bridgehead atoms. The molecule has 0 unspecified atom stereocenters. The van der Waals surface area contributed by atoms with Gasteiger partial charge in [-0.25, -0.2) is 0 Å². The minimum absolute atomic E-state index is 0.170. The van der Waals surface area contributed by atoms with E-state index in [1.165, 1.54) is 18.9 Å². The minimum atomic E-state index is -0.183. The van der Waals surface area contributed by atoms with Gasteiger partial charge in [0.15, 0.2) is 5.16 Å². The van der Waals surface area contributed by atoms with E-state index in [1.54, 1.807) is 41.2 Å². The second-order valence-electron chi connectivity index (χ2n) is 5.15. The van der Waals surface area contributed by atoms with Crippen LogP contribution in [0, 0.1) is 0 Å². The van der Waals surface area contributed by atoms with Crippen molar-refractivity contribution in [3.05, 3.63) is 58.8 Å². The summed E-state index contributed by atoms with van der Waals surface area (Å²) in [6, 6.07) is 12.4. The first-order valence-electron chi connectivity index (χ1n) is 7.49. The third-order valence-electron chi connectivity index (χ3n) is 3.37. The third kappa shape index (κ3) is 4.49. The second kappa shape index (κ2) is 8.44. The lowest BCUT2D eigenvalue weighted by atomic mass is 10.3. The number of methoxy groups -OCH3 is 1. The Morgan fingerprint density at radius 1 is 1.27 bits per heavy atom. The van der Waals surface area contributed by atoms with E-state index in [1.807, 2.05) is 12.1 Å². The number of rotatable bonds is 6. The number of amides is 1. The molecule has 0 aliphatic carbocycles. The van der Waals surface area contributed by atoms with E-state index in [2.05, 4.69) is 15.5 Å². The summed E-state index contributed by atoms with van der Waals surface area (Å²) in [6.07, 6.45) is 1.58.